The summed E-state index contributed by atoms with van der Waals surface area (Å²) in [6.45, 7) is 5.02. The molecule has 0 spiro atoms. The lowest BCUT2D eigenvalue weighted by molar-refractivity contribution is -0.174. The molecule has 2 atom stereocenters. The zero-order chi connectivity index (χ0) is 31.9. The largest absolute Gasteiger partial charge is 0.382 e. The molecule has 0 radical (unpaired) electrons. The zero-order valence-corrected chi connectivity index (χ0v) is 24.3. The van der Waals surface area contributed by atoms with Crippen LogP contribution in [0.2, 0.25) is 0 Å². The van der Waals surface area contributed by atoms with Crippen molar-refractivity contribution in [1.29, 1.82) is 0 Å². The van der Waals surface area contributed by atoms with Crippen molar-refractivity contribution in [3.05, 3.63) is 108 Å². The van der Waals surface area contributed by atoms with Gasteiger partial charge in [0.05, 0.1) is 13.1 Å². The third-order valence-corrected chi connectivity index (χ3v) is 7.45. The van der Waals surface area contributed by atoms with Crippen LogP contribution in [0.25, 0.3) is 0 Å². The second kappa shape index (κ2) is 14.2. The smallest absolute Gasteiger partial charge is 0.334 e. The summed E-state index contributed by atoms with van der Waals surface area (Å²) in [6, 6.07) is 10.9. The number of halogens is 2. The Hall–Kier alpha value is -4.68. The number of nitrogens with one attached hydrogen (secondary N) is 1. The van der Waals surface area contributed by atoms with Crippen LogP contribution in [0.5, 0.6) is 0 Å². The fraction of sp³-hybridized carbons (Fsp3) is 0.312. The molecule has 232 valence electrons. The van der Waals surface area contributed by atoms with E-state index in [2.05, 4.69) is 11.9 Å². The number of amides is 4. The standard InChI is InChI=1S/C32H35F2N5O5/c1-3-15-37-21-30(42)38(23(2)17-32(44)13-11-27(41)12-14-32)29(39(37)31(43)35-18-24-7-5-4-6-8-24)20-36(22-40)19-25-9-10-26(33)16-28(25)34/h3-14,16,22-23,29,44H,1,15,17-21H2,2H3,(H,35,43)/t23-,29?/m1/s1. The van der Waals surface area contributed by atoms with Gasteiger partial charge in [0.25, 0.3) is 0 Å². The van der Waals surface area contributed by atoms with Gasteiger partial charge in [-0.15, -0.1) is 6.58 Å². The van der Waals surface area contributed by atoms with E-state index in [9.17, 15) is 33.1 Å². The summed E-state index contributed by atoms with van der Waals surface area (Å²) in [5.41, 5.74) is -0.669. The van der Waals surface area contributed by atoms with Crippen molar-refractivity contribution in [3.63, 3.8) is 0 Å². The average Bonchev–Trinajstić information content (AvgIpc) is 2.99. The van der Waals surface area contributed by atoms with Gasteiger partial charge < -0.3 is 20.2 Å². The van der Waals surface area contributed by atoms with Gasteiger partial charge in [-0.05, 0) is 42.9 Å². The van der Waals surface area contributed by atoms with Crippen LogP contribution in [0.4, 0.5) is 13.6 Å². The third kappa shape index (κ3) is 7.82. The molecule has 1 heterocycles. The van der Waals surface area contributed by atoms with Crippen LogP contribution in [-0.4, -0.2) is 86.5 Å². The quantitative estimate of drug-likeness (QED) is 0.284. The molecule has 1 unspecified atom stereocenters. The number of urea groups is 1. The number of hydrogen-bond acceptors (Lipinski definition) is 6. The van der Waals surface area contributed by atoms with E-state index in [1.165, 1.54) is 56.3 Å². The number of hydrogen-bond donors (Lipinski definition) is 2. The first-order chi connectivity index (χ1) is 21.0. The molecule has 0 bridgehead atoms. The number of aliphatic hydroxyl groups is 1. The van der Waals surface area contributed by atoms with Crippen LogP contribution >= 0.6 is 0 Å². The molecular weight excluding hydrogens is 572 g/mol. The number of carbonyl (C=O) groups is 4. The Labute approximate surface area is 254 Å². The van der Waals surface area contributed by atoms with E-state index < -0.39 is 41.4 Å². The highest BCUT2D eigenvalue weighted by Gasteiger charge is 2.45. The lowest BCUT2D eigenvalue weighted by Gasteiger charge is -2.52. The van der Waals surface area contributed by atoms with Crippen molar-refractivity contribution < 1.29 is 33.1 Å². The molecule has 2 aromatic rings. The van der Waals surface area contributed by atoms with Gasteiger partial charge in [0, 0.05) is 43.7 Å². The molecule has 44 heavy (non-hydrogen) atoms. The molecule has 0 aromatic heterocycles. The van der Waals surface area contributed by atoms with Crippen LogP contribution < -0.4 is 5.32 Å². The maximum Gasteiger partial charge on any atom is 0.334 e. The van der Waals surface area contributed by atoms with Crippen LogP contribution in [-0.2, 0) is 27.5 Å². The van der Waals surface area contributed by atoms with Gasteiger partial charge >= 0.3 is 6.03 Å². The van der Waals surface area contributed by atoms with Gasteiger partial charge in [-0.1, -0.05) is 42.5 Å². The molecule has 1 aliphatic heterocycles. The van der Waals surface area contributed by atoms with Crippen LogP contribution in [0.1, 0.15) is 24.5 Å². The minimum atomic E-state index is -1.54. The molecule has 4 amide bonds. The van der Waals surface area contributed by atoms with E-state index in [1.807, 2.05) is 30.3 Å². The molecule has 2 aromatic carbocycles. The van der Waals surface area contributed by atoms with E-state index in [0.717, 1.165) is 11.6 Å². The molecule has 1 saturated heterocycles. The molecule has 2 N–H and O–H groups in total. The Morgan fingerprint density at radius 2 is 1.89 bits per heavy atom. The van der Waals surface area contributed by atoms with Crippen LogP contribution in [0.15, 0.2) is 85.5 Å². The predicted molar refractivity (Wildman–Crippen MR) is 158 cm³/mol. The Bertz CT molecular complexity index is 1430. The number of hydrazine groups is 1. The summed E-state index contributed by atoms with van der Waals surface area (Å²) in [4.78, 5) is 54.1. The predicted octanol–water partition coefficient (Wildman–Crippen LogP) is 2.91. The second-order valence-electron chi connectivity index (χ2n) is 10.8. The van der Waals surface area contributed by atoms with Gasteiger partial charge in [0.15, 0.2) is 5.78 Å². The maximum absolute atomic E-state index is 14.5. The number of rotatable bonds is 12. The molecule has 0 saturated carbocycles. The summed E-state index contributed by atoms with van der Waals surface area (Å²) < 4.78 is 28.1. The van der Waals surface area contributed by atoms with Crippen molar-refractivity contribution in [1.82, 2.24) is 25.1 Å². The fourth-order valence-electron chi connectivity index (χ4n) is 5.41. The van der Waals surface area contributed by atoms with Gasteiger partial charge in [-0.3, -0.25) is 14.4 Å². The molecule has 12 heteroatoms. The topological polar surface area (TPSA) is 114 Å². The molecular formula is C32H35F2N5O5. The van der Waals surface area contributed by atoms with E-state index in [4.69, 9.17) is 0 Å². The normalized spacial score (nSPS) is 18.7. The monoisotopic (exact) mass is 607 g/mol. The van der Waals surface area contributed by atoms with Crippen molar-refractivity contribution >= 4 is 24.1 Å². The van der Waals surface area contributed by atoms with E-state index >= 15 is 0 Å². The van der Waals surface area contributed by atoms with E-state index in [0.29, 0.717) is 12.5 Å². The summed E-state index contributed by atoms with van der Waals surface area (Å²) >= 11 is 0. The minimum Gasteiger partial charge on any atom is -0.382 e. The number of allylic oxidation sites excluding steroid dienone is 2. The van der Waals surface area contributed by atoms with Crippen molar-refractivity contribution in [2.45, 2.75) is 44.2 Å². The number of carbonyl (C=O) groups excluding carboxylic acids is 4. The van der Waals surface area contributed by atoms with E-state index in [-0.39, 0.29) is 50.5 Å². The van der Waals surface area contributed by atoms with Gasteiger partial charge in [-0.25, -0.2) is 23.6 Å². The van der Waals surface area contributed by atoms with Gasteiger partial charge in [-0.2, -0.15) is 0 Å². The van der Waals surface area contributed by atoms with E-state index in [1.54, 1.807) is 6.92 Å². The van der Waals surface area contributed by atoms with Crippen LogP contribution in [0.3, 0.4) is 0 Å². The van der Waals surface area contributed by atoms with Gasteiger partial charge in [0.2, 0.25) is 12.3 Å². The Kier molecular flexibility index (Phi) is 10.4. The zero-order valence-electron chi connectivity index (χ0n) is 24.3. The fourth-order valence-corrected chi connectivity index (χ4v) is 5.41. The summed E-state index contributed by atoms with van der Waals surface area (Å²) in [5.74, 6) is -2.29. The lowest BCUT2D eigenvalue weighted by Crippen LogP contribution is -2.72. The highest BCUT2D eigenvalue weighted by molar-refractivity contribution is 6.00. The summed E-state index contributed by atoms with van der Waals surface area (Å²) in [5, 5.41) is 16.8. The highest BCUT2D eigenvalue weighted by atomic mass is 19.1. The molecule has 1 fully saturated rings. The number of benzene rings is 2. The average molecular weight is 608 g/mol. The maximum atomic E-state index is 14.5. The molecule has 1 aliphatic carbocycles. The highest BCUT2D eigenvalue weighted by Crippen LogP contribution is 2.28. The Morgan fingerprint density at radius 3 is 2.52 bits per heavy atom. The van der Waals surface area contributed by atoms with Crippen LogP contribution in [0, 0.1) is 11.6 Å². The number of ketones is 1. The van der Waals surface area contributed by atoms with Crippen molar-refractivity contribution in [2.24, 2.45) is 0 Å². The molecule has 4 rings (SSSR count). The van der Waals surface area contributed by atoms with Crippen molar-refractivity contribution in [2.75, 3.05) is 19.6 Å². The van der Waals surface area contributed by atoms with Crippen molar-refractivity contribution in [3.8, 4) is 0 Å². The summed E-state index contributed by atoms with van der Waals surface area (Å²) in [7, 11) is 0. The SMILES string of the molecule is C=CCN1CC(=O)N([C@H](C)CC2(O)C=CC(=O)C=C2)C(CN(C=O)Cc2ccc(F)cc2F)N1C(=O)NCc1ccccc1. The first-order valence-corrected chi connectivity index (χ1v) is 14.1. The first-order valence-electron chi connectivity index (χ1n) is 14.1. The summed E-state index contributed by atoms with van der Waals surface area (Å²) in [6.07, 6.45) is 6.04. The molecule has 10 nitrogen and oxygen atoms in total. The van der Waals surface area contributed by atoms with Gasteiger partial charge in [0.1, 0.15) is 23.4 Å². The number of nitrogens with zero attached hydrogens (tertiary/aromatic N) is 4. The third-order valence-electron chi connectivity index (χ3n) is 7.45. The minimum absolute atomic E-state index is 0.0237. The first kappa shape index (κ1) is 32.2. The lowest BCUT2D eigenvalue weighted by atomic mass is 9.90. The molecule has 2 aliphatic rings. The second-order valence-corrected chi connectivity index (χ2v) is 10.8. The Morgan fingerprint density at radius 1 is 1.18 bits per heavy atom. The Balaban J connectivity index is 1.69.